The minimum atomic E-state index is -0.700. The third-order valence-electron chi connectivity index (χ3n) is 6.62. The van der Waals surface area contributed by atoms with Gasteiger partial charge in [0.2, 0.25) is 0 Å². The number of carbonyl (C=O) groups is 2. The van der Waals surface area contributed by atoms with E-state index in [9.17, 15) is 9.59 Å². The summed E-state index contributed by atoms with van der Waals surface area (Å²) >= 11 is 0. The molecule has 0 amide bonds. The molecular weight excluding hydrogens is 440 g/mol. The second kappa shape index (κ2) is 21.3. The summed E-state index contributed by atoms with van der Waals surface area (Å²) in [6.07, 6.45) is 20.5. The molecule has 0 aromatic heterocycles. The second-order valence-corrected chi connectivity index (χ2v) is 9.87. The molecule has 0 aliphatic rings. The quantitative estimate of drug-likeness (QED) is 0.142. The van der Waals surface area contributed by atoms with Crippen LogP contribution in [0, 0.1) is 0 Å². The highest BCUT2D eigenvalue weighted by Gasteiger charge is 2.07. The smallest absolute Gasteiger partial charge is 0.303 e. The van der Waals surface area contributed by atoms with Crippen molar-refractivity contribution in [3.8, 4) is 5.75 Å². The molecule has 1 aromatic carbocycles. The Morgan fingerprint density at radius 1 is 0.629 bits per heavy atom. The summed E-state index contributed by atoms with van der Waals surface area (Å²) in [6, 6.07) is 6.60. The molecule has 1 aromatic rings. The molecule has 0 aliphatic carbocycles. The lowest BCUT2D eigenvalue weighted by molar-refractivity contribution is -0.138. The normalized spacial score (nSPS) is 11.0. The van der Waals surface area contributed by atoms with Gasteiger partial charge in [-0.25, -0.2) is 0 Å². The number of benzene rings is 1. The van der Waals surface area contributed by atoms with Crippen LogP contribution >= 0.6 is 0 Å². The highest BCUT2D eigenvalue weighted by molar-refractivity contribution is 5.66. The molecule has 0 saturated carbocycles. The van der Waals surface area contributed by atoms with E-state index >= 15 is 0 Å². The van der Waals surface area contributed by atoms with E-state index in [0.29, 0.717) is 0 Å². The van der Waals surface area contributed by atoms with Crippen molar-refractivity contribution >= 4 is 11.9 Å². The minimum absolute atomic E-state index is 0.276. The Kier molecular flexibility index (Phi) is 18.8. The van der Waals surface area contributed by atoms with Crippen molar-refractivity contribution in [2.75, 3.05) is 6.61 Å². The lowest BCUT2D eigenvalue weighted by Gasteiger charge is -2.13. The van der Waals surface area contributed by atoms with Crippen molar-refractivity contribution < 1.29 is 24.5 Å². The third kappa shape index (κ3) is 18.0. The number of hydrogen-bond donors (Lipinski definition) is 2. The average molecular weight is 491 g/mol. The topological polar surface area (TPSA) is 83.8 Å². The third-order valence-corrected chi connectivity index (χ3v) is 6.62. The van der Waals surface area contributed by atoms with Gasteiger partial charge in [-0.2, -0.15) is 0 Å². The van der Waals surface area contributed by atoms with Gasteiger partial charge in [-0.3, -0.25) is 9.59 Å². The van der Waals surface area contributed by atoms with Gasteiger partial charge in [-0.1, -0.05) is 83.6 Å². The molecule has 0 unspecified atom stereocenters. The maximum absolute atomic E-state index is 10.6. The Morgan fingerprint density at radius 2 is 1.11 bits per heavy atom. The molecule has 2 N–H and O–H groups in total. The first kappa shape index (κ1) is 31.0. The highest BCUT2D eigenvalue weighted by Crippen LogP contribution is 2.23. The summed E-state index contributed by atoms with van der Waals surface area (Å²) in [5, 5.41) is 17.5. The van der Waals surface area contributed by atoms with Crippen molar-refractivity contribution in [3.63, 3.8) is 0 Å². The van der Waals surface area contributed by atoms with Gasteiger partial charge in [0.1, 0.15) is 5.75 Å². The maximum Gasteiger partial charge on any atom is 0.303 e. The molecule has 5 heteroatoms. The van der Waals surface area contributed by atoms with Crippen molar-refractivity contribution in [2.24, 2.45) is 0 Å². The molecular formula is C30H50O5. The number of hydrogen-bond acceptors (Lipinski definition) is 3. The molecule has 0 radical (unpaired) electrons. The van der Waals surface area contributed by atoms with Gasteiger partial charge in [-0.15, -0.1) is 0 Å². The SMILES string of the molecule is CCCCCCCCOc1ccc(CCCCCCCC(=O)O)c(CCCCCCCC(=O)O)c1. The fourth-order valence-electron chi connectivity index (χ4n) is 4.49. The predicted molar refractivity (Wildman–Crippen MR) is 143 cm³/mol. The molecule has 0 fully saturated rings. The maximum atomic E-state index is 10.6. The van der Waals surface area contributed by atoms with Crippen LogP contribution in [0.4, 0.5) is 0 Å². The Bertz CT molecular complexity index is 685. The van der Waals surface area contributed by atoms with Gasteiger partial charge in [0.05, 0.1) is 6.61 Å². The van der Waals surface area contributed by atoms with Crippen molar-refractivity contribution in [1.82, 2.24) is 0 Å². The zero-order valence-electron chi connectivity index (χ0n) is 22.2. The van der Waals surface area contributed by atoms with Crippen LogP contribution in [0.25, 0.3) is 0 Å². The number of carboxylic acids is 2. The molecule has 35 heavy (non-hydrogen) atoms. The molecule has 0 aliphatic heterocycles. The monoisotopic (exact) mass is 490 g/mol. The van der Waals surface area contributed by atoms with Gasteiger partial charge in [0.25, 0.3) is 0 Å². The Balaban J connectivity index is 2.46. The van der Waals surface area contributed by atoms with Crippen LogP contribution in [-0.2, 0) is 22.4 Å². The number of aliphatic carboxylic acids is 2. The minimum Gasteiger partial charge on any atom is -0.494 e. The van der Waals surface area contributed by atoms with Crippen LogP contribution in [-0.4, -0.2) is 28.8 Å². The fraction of sp³-hybridized carbons (Fsp3) is 0.733. The molecule has 0 bridgehead atoms. The number of rotatable bonds is 24. The van der Waals surface area contributed by atoms with Gasteiger partial charge in [0, 0.05) is 12.8 Å². The number of aryl methyl sites for hydroxylation is 2. The van der Waals surface area contributed by atoms with Crippen molar-refractivity contribution in [3.05, 3.63) is 29.3 Å². The molecule has 200 valence electrons. The van der Waals surface area contributed by atoms with E-state index in [1.54, 1.807) is 0 Å². The molecule has 0 spiro atoms. The van der Waals surface area contributed by atoms with E-state index in [0.717, 1.165) is 95.8 Å². The van der Waals surface area contributed by atoms with Crippen molar-refractivity contribution in [2.45, 2.75) is 135 Å². The van der Waals surface area contributed by atoms with Crippen LogP contribution in [0.2, 0.25) is 0 Å². The van der Waals surface area contributed by atoms with Crippen LogP contribution in [0.3, 0.4) is 0 Å². The van der Waals surface area contributed by atoms with Crippen LogP contribution in [0.15, 0.2) is 18.2 Å². The standard InChI is InChI=1S/C30H50O5/c1-2-3-4-5-12-17-24-35-28-23-22-26(18-13-8-6-10-15-20-29(31)32)27(25-28)19-14-9-7-11-16-21-30(33)34/h22-23,25H,2-21,24H2,1H3,(H,31,32)(H,33,34). The average Bonchev–Trinajstić information content (AvgIpc) is 2.82. The van der Waals surface area contributed by atoms with Crippen LogP contribution in [0.5, 0.6) is 5.75 Å². The zero-order valence-corrected chi connectivity index (χ0v) is 22.2. The van der Waals surface area contributed by atoms with E-state index in [1.165, 1.54) is 43.2 Å². The summed E-state index contributed by atoms with van der Waals surface area (Å²) in [6.45, 7) is 3.02. The molecule has 0 heterocycles. The number of carboxylic acid groups (broad SMARTS) is 2. The van der Waals surface area contributed by atoms with Gasteiger partial charge in [0.15, 0.2) is 0 Å². The fourth-order valence-corrected chi connectivity index (χ4v) is 4.49. The Hall–Kier alpha value is -2.04. The van der Waals surface area contributed by atoms with E-state index in [4.69, 9.17) is 14.9 Å². The lowest BCUT2D eigenvalue weighted by Crippen LogP contribution is -2.01. The summed E-state index contributed by atoms with van der Waals surface area (Å²) in [4.78, 5) is 21.3. The lowest BCUT2D eigenvalue weighted by atomic mass is 9.96. The summed E-state index contributed by atoms with van der Waals surface area (Å²) in [5.41, 5.74) is 2.80. The first-order chi connectivity index (χ1) is 17.0. The van der Waals surface area contributed by atoms with Gasteiger partial charge >= 0.3 is 11.9 Å². The largest absolute Gasteiger partial charge is 0.494 e. The summed E-state index contributed by atoms with van der Waals surface area (Å²) in [5.74, 6) is -0.419. The van der Waals surface area contributed by atoms with Crippen LogP contribution in [0.1, 0.15) is 134 Å². The first-order valence-corrected chi connectivity index (χ1v) is 14.2. The molecule has 0 saturated heterocycles. The van der Waals surface area contributed by atoms with Gasteiger partial charge < -0.3 is 14.9 Å². The number of ether oxygens (including phenoxy) is 1. The zero-order chi connectivity index (χ0) is 25.6. The predicted octanol–water partition coefficient (Wildman–Crippen LogP) is 8.36. The number of unbranched alkanes of at least 4 members (excludes halogenated alkanes) is 13. The second-order valence-electron chi connectivity index (χ2n) is 9.87. The van der Waals surface area contributed by atoms with Crippen LogP contribution < -0.4 is 4.74 Å². The molecule has 5 nitrogen and oxygen atoms in total. The van der Waals surface area contributed by atoms with Gasteiger partial charge in [-0.05, 0) is 68.2 Å². The summed E-state index contributed by atoms with van der Waals surface area (Å²) in [7, 11) is 0. The molecule has 1 rings (SSSR count). The van der Waals surface area contributed by atoms with E-state index in [1.807, 2.05) is 0 Å². The van der Waals surface area contributed by atoms with Crippen molar-refractivity contribution in [1.29, 1.82) is 0 Å². The van der Waals surface area contributed by atoms with E-state index < -0.39 is 11.9 Å². The summed E-state index contributed by atoms with van der Waals surface area (Å²) < 4.78 is 6.08. The first-order valence-electron chi connectivity index (χ1n) is 14.2. The van der Waals surface area contributed by atoms with E-state index in [2.05, 4.69) is 25.1 Å². The Labute approximate surface area is 213 Å². The molecule has 0 atom stereocenters. The Morgan fingerprint density at radius 3 is 1.69 bits per heavy atom. The van der Waals surface area contributed by atoms with E-state index in [-0.39, 0.29) is 12.8 Å². The highest BCUT2D eigenvalue weighted by atomic mass is 16.5.